The fourth-order valence-electron chi connectivity index (χ4n) is 4.26. The van der Waals surface area contributed by atoms with Crippen LogP contribution in [0.4, 0.5) is 0 Å². The van der Waals surface area contributed by atoms with Crippen LogP contribution in [0, 0.1) is 13.8 Å². The Balaban J connectivity index is 1.79. The largest absolute Gasteiger partial charge is 0.362 e. The van der Waals surface area contributed by atoms with Crippen molar-refractivity contribution in [2.75, 3.05) is 6.54 Å². The van der Waals surface area contributed by atoms with Gasteiger partial charge in [0.15, 0.2) is 0 Å². The van der Waals surface area contributed by atoms with E-state index in [1.165, 1.54) is 4.90 Å². The first kappa shape index (κ1) is 22.8. The van der Waals surface area contributed by atoms with Crippen LogP contribution in [0.15, 0.2) is 78.5 Å². The Morgan fingerprint density at radius 2 is 1.55 bits per heavy atom. The summed E-state index contributed by atoms with van der Waals surface area (Å²) in [6.07, 6.45) is 0. The third kappa shape index (κ3) is 4.71. The fourth-order valence-corrected chi connectivity index (χ4v) is 4.39. The molecule has 0 aromatic heterocycles. The van der Waals surface area contributed by atoms with Crippen molar-refractivity contribution in [3.05, 3.63) is 111 Å². The number of rotatable bonds is 7. The van der Waals surface area contributed by atoms with Gasteiger partial charge in [0.2, 0.25) is 0 Å². The number of carbonyl (C=O) groups is 2. The van der Waals surface area contributed by atoms with Gasteiger partial charge in [-0.05, 0) is 55.2 Å². The number of aryl methyl sites for hydroxylation is 2. The molecule has 0 N–H and O–H groups in total. The predicted molar refractivity (Wildman–Crippen MR) is 132 cm³/mol. The highest BCUT2D eigenvalue weighted by Gasteiger charge is 2.41. The Hall–Kier alpha value is -3.37. The summed E-state index contributed by atoms with van der Waals surface area (Å²) in [7, 11) is 0. The number of imide groups is 1. The average molecular weight is 459 g/mol. The third-order valence-electron chi connectivity index (χ3n) is 5.96. The zero-order valence-electron chi connectivity index (χ0n) is 19.1. The minimum absolute atomic E-state index is 0.204. The van der Waals surface area contributed by atoms with E-state index in [0.717, 1.165) is 27.8 Å². The topological polar surface area (TPSA) is 40.6 Å². The second kappa shape index (κ2) is 9.63. The predicted octanol–water partition coefficient (Wildman–Crippen LogP) is 5.76. The first-order chi connectivity index (χ1) is 15.9. The van der Waals surface area contributed by atoms with Gasteiger partial charge in [0.05, 0.1) is 12.1 Å². The zero-order chi connectivity index (χ0) is 23.5. The van der Waals surface area contributed by atoms with Crippen LogP contribution in [-0.2, 0) is 22.7 Å². The summed E-state index contributed by atoms with van der Waals surface area (Å²) in [5, 5.41) is 0.618. The van der Waals surface area contributed by atoms with Crippen LogP contribution < -0.4 is 0 Å². The maximum absolute atomic E-state index is 13.7. The minimum atomic E-state index is -0.261. The number of likely N-dealkylation sites (N-methyl/N-ethyl adjacent to an activating group) is 1. The standard InChI is InChI=1S/C28H27ClN2O2/c1-4-30(17-21-8-6-5-7-9-21)26-25(24-15-10-19(2)16-20(24)3)27(32)31(28(26)33)18-22-11-13-23(29)14-12-22/h5-16H,4,17-18H2,1-3H3. The number of carbonyl (C=O) groups excluding carboxylic acids is 2. The number of amides is 2. The maximum Gasteiger partial charge on any atom is 0.278 e. The van der Waals surface area contributed by atoms with Crippen LogP contribution in [0.1, 0.15) is 34.7 Å². The molecule has 3 aromatic carbocycles. The Morgan fingerprint density at radius 3 is 2.18 bits per heavy atom. The summed E-state index contributed by atoms with van der Waals surface area (Å²) < 4.78 is 0. The molecule has 5 heteroatoms. The number of hydrogen-bond acceptors (Lipinski definition) is 3. The lowest BCUT2D eigenvalue weighted by molar-refractivity contribution is -0.138. The summed E-state index contributed by atoms with van der Waals surface area (Å²) in [5.41, 5.74) is 5.78. The second-order valence-corrected chi connectivity index (χ2v) is 8.80. The van der Waals surface area contributed by atoms with Crippen molar-refractivity contribution in [1.29, 1.82) is 0 Å². The molecule has 0 atom stereocenters. The van der Waals surface area contributed by atoms with E-state index < -0.39 is 0 Å². The molecule has 33 heavy (non-hydrogen) atoms. The molecule has 0 unspecified atom stereocenters. The van der Waals surface area contributed by atoms with Gasteiger partial charge in [0, 0.05) is 18.1 Å². The maximum atomic E-state index is 13.7. The first-order valence-electron chi connectivity index (χ1n) is 11.1. The molecule has 0 radical (unpaired) electrons. The number of hydrogen-bond donors (Lipinski definition) is 0. The Bertz CT molecular complexity index is 1220. The van der Waals surface area contributed by atoms with Gasteiger partial charge in [-0.1, -0.05) is 77.8 Å². The zero-order valence-corrected chi connectivity index (χ0v) is 19.9. The molecule has 0 bridgehead atoms. The van der Waals surface area contributed by atoms with E-state index in [9.17, 15) is 9.59 Å². The van der Waals surface area contributed by atoms with Crippen molar-refractivity contribution in [2.24, 2.45) is 0 Å². The van der Waals surface area contributed by atoms with Gasteiger partial charge in [0.25, 0.3) is 11.8 Å². The molecule has 0 spiro atoms. The molecule has 0 saturated carbocycles. The highest BCUT2D eigenvalue weighted by Crippen LogP contribution is 2.35. The van der Waals surface area contributed by atoms with Crippen molar-refractivity contribution in [1.82, 2.24) is 9.80 Å². The summed E-state index contributed by atoms with van der Waals surface area (Å²) in [6, 6.07) is 23.2. The molecule has 4 nitrogen and oxygen atoms in total. The van der Waals surface area contributed by atoms with Crippen LogP contribution in [0.25, 0.3) is 5.57 Å². The van der Waals surface area contributed by atoms with E-state index in [-0.39, 0.29) is 18.4 Å². The summed E-state index contributed by atoms with van der Waals surface area (Å²) in [6.45, 7) is 7.38. The molecular weight excluding hydrogens is 432 g/mol. The van der Waals surface area contributed by atoms with Crippen LogP contribution >= 0.6 is 11.6 Å². The minimum Gasteiger partial charge on any atom is -0.362 e. The van der Waals surface area contributed by atoms with E-state index in [1.54, 1.807) is 12.1 Å². The molecule has 0 saturated heterocycles. The molecule has 1 aliphatic rings. The molecule has 3 aromatic rings. The van der Waals surface area contributed by atoms with Crippen molar-refractivity contribution in [3.8, 4) is 0 Å². The average Bonchev–Trinajstić information content (AvgIpc) is 3.04. The number of nitrogens with zero attached hydrogens (tertiary/aromatic N) is 2. The van der Waals surface area contributed by atoms with Crippen LogP contribution in [0.3, 0.4) is 0 Å². The van der Waals surface area contributed by atoms with Crippen molar-refractivity contribution < 1.29 is 9.59 Å². The monoisotopic (exact) mass is 458 g/mol. The van der Waals surface area contributed by atoms with Crippen molar-refractivity contribution in [3.63, 3.8) is 0 Å². The lowest BCUT2D eigenvalue weighted by Crippen LogP contribution is -2.34. The highest BCUT2D eigenvalue weighted by molar-refractivity contribution is 6.35. The lowest BCUT2D eigenvalue weighted by atomic mass is 9.97. The summed E-state index contributed by atoms with van der Waals surface area (Å²) >= 11 is 6.02. The van der Waals surface area contributed by atoms with Gasteiger partial charge >= 0.3 is 0 Å². The van der Waals surface area contributed by atoms with Crippen LogP contribution in [-0.4, -0.2) is 28.2 Å². The molecule has 2 amide bonds. The van der Waals surface area contributed by atoms with Crippen molar-refractivity contribution >= 4 is 29.0 Å². The Morgan fingerprint density at radius 1 is 0.848 bits per heavy atom. The summed E-state index contributed by atoms with van der Waals surface area (Å²) in [4.78, 5) is 30.8. The number of halogens is 1. The van der Waals surface area contributed by atoms with Crippen LogP contribution in [0.2, 0.25) is 5.02 Å². The van der Waals surface area contributed by atoms with Gasteiger partial charge in [-0.2, -0.15) is 0 Å². The van der Waals surface area contributed by atoms with Crippen LogP contribution in [0.5, 0.6) is 0 Å². The van der Waals surface area contributed by atoms with Gasteiger partial charge in [-0.3, -0.25) is 14.5 Å². The van der Waals surface area contributed by atoms with E-state index >= 15 is 0 Å². The smallest absolute Gasteiger partial charge is 0.278 e. The van der Waals surface area contributed by atoms with Gasteiger partial charge in [-0.15, -0.1) is 0 Å². The number of benzene rings is 3. The molecule has 168 valence electrons. The molecular formula is C28H27ClN2O2. The van der Waals surface area contributed by atoms with E-state index in [4.69, 9.17) is 11.6 Å². The summed E-state index contributed by atoms with van der Waals surface area (Å²) in [5.74, 6) is -0.522. The molecule has 1 heterocycles. The second-order valence-electron chi connectivity index (χ2n) is 8.36. The Kier molecular flexibility index (Phi) is 6.66. The molecule has 1 aliphatic heterocycles. The van der Waals surface area contributed by atoms with Crippen molar-refractivity contribution in [2.45, 2.75) is 33.9 Å². The van der Waals surface area contributed by atoms with E-state index in [2.05, 4.69) is 0 Å². The van der Waals surface area contributed by atoms with Gasteiger partial charge in [0.1, 0.15) is 5.70 Å². The van der Waals surface area contributed by atoms with E-state index in [0.29, 0.717) is 29.4 Å². The molecule has 0 aliphatic carbocycles. The SMILES string of the molecule is CCN(Cc1ccccc1)C1=C(c2ccc(C)cc2C)C(=O)N(Cc2ccc(Cl)cc2)C1=O. The molecule has 0 fully saturated rings. The fraction of sp³-hybridized carbons (Fsp3) is 0.214. The lowest BCUT2D eigenvalue weighted by Gasteiger charge is -2.25. The third-order valence-corrected chi connectivity index (χ3v) is 6.21. The van der Waals surface area contributed by atoms with E-state index in [1.807, 2.05) is 86.3 Å². The van der Waals surface area contributed by atoms with Gasteiger partial charge in [-0.25, -0.2) is 0 Å². The quantitative estimate of drug-likeness (QED) is 0.423. The Labute approximate surface area is 200 Å². The first-order valence-corrected chi connectivity index (χ1v) is 11.5. The van der Waals surface area contributed by atoms with Gasteiger partial charge < -0.3 is 4.90 Å². The molecule has 4 rings (SSSR count). The normalized spacial score (nSPS) is 13.8. The highest BCUT2D eigenvalue weighted by atomic mass is 35.5.